The summed E-state index contributed by atoms with van der Waals surface area (Å²) in [6.45, 7) is 3.51. The maximum absolute atomic E-state index is 11.1. The number of aromatic carboxylic acids is 1. The van der Waals surface area contributed by atoms with Crippen LogP contribution in [0.4, 0.5) is 0 Å². The maximum Gasteiger partial charge on any atom is 0.335 e. The van der Waals surface area contributed by atoms with Gasteiger partial charge in [-0.15, -0.1) is 0 Å². The van der Waals surface area contributed by atoms with E-state index in [2.05, 4.69) is 4.90 Å². The Morgan fingerprint density at radius 2 is 2.29 bits per heavy atom. The Bertz CT molecular complexity index is 534. The largest absolute Gasteiger partial charge is 0.478 e. The Balaban J connectivity index is 1.78. The van der Waals surface area contributed by atoms with Crippen molar-refractivity contribution in [1.82, 2.24) is 4.90 Å². The number of carboxylic acids is 1. The predicted molar refractivity (Wildman–Crippen MR) is 77.8 cm³/mol. The summed E-state index contributed by atoms with van der Waals surface area (Å²) in [5.41, 5.74) is 1.12. The van der Waals surface area contributed by atoms with Gasteiger partial charge in [-0.25, -0.2) is 4.79 Å². The van der Waals surface area contributed by atoms with E-state index < -0.39 is 5.97 Å². The molecule has 5 nitrogen and oxygen atoms in total. The van der Waals surface area contributed by atoms with Gasteiger partial charge in [0.1, 0.15) is 0 Å². The quantitative estimate of drug-likeness (QED) is 0.925. The van der Waals surface area contributed by atoms with Gasteiger partial charge >= 0.3 is 5.97 Å². The highest BCUT2D eigenvalue weighted by atomic mass is 35.5. The number of halogens is 1. The molecule has 0 saturated carbocycles. The van der Waals surface area contributed by atoms with Crippen LogP contribution in [0.25, 0.3) is 0 Å². The van der Waals surface area contributed by atoms with Crippen molar-refractivity contribution in [3.8, 4) is 0 Å². The molecule has 0 aliphatic carbocycles. The van der Waals surface area contributed by atoms with Crippen LogP contribution in [0.2, 0.25) is 5.02 Å². The van der Waals surface area contributed by atoms with Crippen LogP contribution in [-0.2, 0) is 16.0 Å². The first-order valence-electron chi connectivity index (χ1n) is 7.10. The van der Waals surface area contributed by atoms with Crippen molar-refractivity contribution in [1.29, 1.82) is 0 Å². The van der Waals surface area contributed by atoms with E-state index in [1.165, 1.54) is 6.07 Å². The normalized spacial score (nSPS) is 26.3. The highest BCUT2D eigenvalue weighted by Crippen LogP contribution is 2.26. The van der Waals surface area contributed by atoms with Gasteiger partial charge in [0.05, 0.1) is 24.9 Å². The average Bonchev–Trinajstić information content (AvgIpc) is 2.49. The molecule has 0 amide bonds. The Morgan fingerprint density at radius 3 is 3.10 bits per heavy atom. The van der Waals surface area contributed by atoms with Crippen LogP contribution < -0.4 is 0 Å². The van der Waals surface area contributed by atoms with Gasteiger partial charge in [0.15, 0.2) is 0 Å². The highest BCUT2D eigenvalue weighted by Gasteiger charge is 2.34. The third-order valence-electron chi connectivity index (χ3n) is 4.11. The lowest BCUT2D eigenvalue weighted by molar-refractivity contribution is -0.137. The summed E-state index contributed by atoms with van der Waals surface area (Å²) < 4.78 is 11.2. The summed E-state index contributed by atoms with van der Waals surface area (Å²) >= 11 is 6.22. The van der Waals surface area contributed by atoms with Gasteiger partial charge in [0, 0.05) is 30.8 Å². The van der Waals surface area contributed by atoms with Gasteiger partial charge in [-0.2, -0.15) is 0 Å². The molecular formula is C15H18ClNO4. The summed E-state index contributed by atoms with van der Waals surface area (Å²) in [4.78, 5) is 13.4. The molecule has 1 aromatic rings. The van der Waals surface area contributed by atoms with E-state index in [-0.39, 0.29) is 11.7 Å². The van der Waals surface area contributed by atoms with Gasteiger partial charge in [0.2, 0.25) is 0 Å². The molecule has 2 heterocycles. The number of benzene rings is 1. The van der Waals surface area contributed by atoms with E-state index in [0.717, 1.165) is 25.1 Å². The lowest BCUT2D eigenvalue weighted by Crippen LogP contribution is -2.55. The Hall–Kier alpha value is -1.14. The fraction of sp³-hybridized carbons (Fsp3) is 0.533. The fourth-order valence-corrected chi connectivity index (χ4v) is 3.19. The third-order valence-corrected chi connectivity index (χ3v) is 4.48. The lowest BCUT2D eigenvalue weighted by atomic mass is 10.0. The maximum atomic E-state index is 11.1. The Kier molecular flexibility index (Phi) is 4.45. The zero-order valence-electron chi connectivity index (χ0n) is 11.6. The van der Waals surface area contributed by atoms with Gasteiger partial charge < -0.3 is 14.6 Å². The number of rotatable bonds is 3. The van der Waals surface area contributed by atoms with Crippen molar-refractivity contribution in [3.63, 3.8) is 0 Å². The van der Waals surface area contributed by atoms with E-state index in [9.17, 15) is 4.79 Å². The molecule has 0 spiro atoms. The molecule has 114 valence electrons. The monoisotopic (exact) mass is 311 g/mol. The van der Waals surface area contributed by atoms with Crippen LogP contribution in [0.5, 0.6) is 0 Å². The van der Waals surface area contributed by atoms with Gasteiger partial charge in [0.25, 0.3) is 0 Å². The van der Waals surface area contributed by atoms with E-state index in [1.54, 1.807) is 12.1 Å². The number of hydrogen-bond donors (Lipinski definition) is 1. The van der Waals surface area contributed by atoms with E-state index >= 15 is 0 Å². The SMILES string of the molecule is O=C(O)c1ccc(Cl)c(CN2CCO[C@@H]3COCC[C@@H]32)c1. The van der Waals surface area contributed by atoms with Crippen molar-refractivity contribution in [2.45, 2.75) is 25.1 Å². The first-order valence-corrected chi connectivity index (χ1v) is 7.48. The Morgan fingerprint density at radius 1 is 1.43 bits per heavy atom. The van der Waals surface area contributed by atoms with E-state index in [0.29, 0.717) is 30.8 Å². The summed E-state index contributed by atoms with van der Waals surface area (Å²) in [7, 11) is 0. The van der Waals surface area contributed by atoms with Crippen molar-refractivity contribution >= 4 is 17.6 Å². The van der Waals surface area contributed by atoms with Crippen LogP contribution >= 0.6 is 11.6 Å². The van der Waals surface area contributed by atoms with Crippen molar-refractivity contribution in [2.75, 3.05) is 26.4 Å². The van der Waals surface area contributed by atoms with Crippen LogP contribution in [0.1, 0.15) is 22.3 Å². The smallest absolute Gasteiger partial charge is 0.335 e. The molecule has 2 atom stereocenters. The van der Waals surface area contributed by atoms with Gasteiger partial charge in [-0.05, 0) is 30.2 Å². The molecule has 3 rings (SSSR count). The molecule has 6 heteroatoms. The van der Waals surface area contributed by atoms with Crippen LogP contribution in [-0.4, -0.2) is 54.5 Å². The minimum absolute atomic E-state index is 0.105. The fourth-order valence-electron chi connectivity index (χ4n) is 3.01. The second kappa shape index (κ2) is 6.32. The topological polar surface area (TPSA) is 59.0 Å². The Labute approximate surface area is 128 Å². The molecule has 2 aliphatic heterocycles. The molecule has 2 fully saturated rings. The first kappa shape index (κ1) is 14.8. The minimum Gasteiger partial charge on any atom is -0.478 e. The van der Waals surface area contributed by atoms with Gasteiger partial charge in [-0.1, -0.05) is 11.6 Å². The first-order chi connectivity index (χ1) is 10.1. The number of ether oxygens (including phenoxy) is 2. The van der Waals surface area contributed by atoms with Crippen LogP contribution in [0.3, 0.4) is 0 Å². The minimum atomic E-state index is -0.932. The summed E-state index contributed by atoms with van der Waals surface area (Å²) in [6, 6.07) is 5.17. The molecular weight excluding hydrogens is 294 g/mol. The molecule has 0 radical (unpaired) electrons. The second-order valence-corrected chi connectivity index (χ2v) is 5.83. The molecule has 0 aromatic heterocycles. The number of carbonyl (C=O) groups is 1. The molecule has 1 N–H and O–H groups in total. The molecule has 1 aromatic carbocycles. The molecule has 0 bridgehead atoms. The summed E-state index contributed by atoms with van der Waals surface area (Å²) in [6.07, 6.45) is 1.04. The molecule has 21 heavy (non-hydrogen) atoms. The zero-order chi connectivity index (χ0) is 14.8. The summed E-state index contributed by atoms with van der Waals surface area (Å²) in [5.74, 6) is -0.932. The zero-order valence-corrected chi connectivity index (χ0v) is 12.4. The second-order valence-electron chi connectivity index (χ2n) is 5.42. The number of morpholine rings is 1. The summed E-state index contributed by atoms with van der Waals surface area (Å²) in [5, 5.41) is 9.71. The number of fused-ring (bicyclic) bond motifs is 1. The van der Waals surface area contributed by atoms with Crippen molar-refractivity contribution < 1.29 is 19.4 Å². The van der Waals surface area contributed by atoms with Crippen molar-refractivity contribution in [2.24, 2.45) is 0 Å². The van der Waals surface area contributed by atoms with Crippen molar-refractivity contribution in [3.05, 3.63) is 34.3 Å². The number of nitrogens with zero attached hydrogens (tertiary/aromatic N) is 1. The molecule has 2 aliphatic rings. The molecule has 0 unspecified atom stereocenters. The highest BCUT2D eigenvalue weighted by molar-refractivity contribution is 6.31. The van der Waals surface area contributed by atoms with Gasteiger partial charge in [-0.3, -0.25) is 4.90 Å². The van der Waals surface area contributed by atoms with E-state index in [1.807, 2.05) is 0 Å². The molecule has 2 saturated heterocycles. The number of hydrogen-bond acceptors (Lipinski definition) is 4. The standard InChI is InChI=1S/C15H18ClNO4/c16-12-2-1-10(15(18)19)7-11(12)8-17-4-6-21-14-9-20-5-3-13(14)17/h1-2,7,13-14H,3-6,8-9H2,(H,18,19)/t13-,14+/m0/s1. The number of carboxylic acid groups (broad SMARTS) is 1. The van der Waals surface area contributed by atoms with Crippen LogP contribution in [0.15, 0.2) is 18.2 Å². The third kappa shape index (κ3) is 3.21. The predicted octanol–water partition coefficient (Wildman–Crippen LogP) is 2.03. The average molecular weight is 312 g/mol. The van der Waals surface area contributed by atoms with Crippen LogP contribution in [0, 0.1) is 0 Å². The lowest BCUT2D eigenvalue weighted by Gasteiger charge is -2.43. The van der Waals surface area contributed by atoms with E-state index in [4.69, 9.17) is 26.2 Å².